The predicted molar refractivity (Wildman–Crippen MR) is 76.0 cm³/mol. The number of hydrogen-bond acceptors (Lipinski definition) is 6. The van der Waals surface area contributed by atoms with Crippen molar-refractivity contribution >= 4 is 0 Å². The van der Waals surface area contributed by atoms with E-state index in [1.165, 1.54) is 0 Å². The van der Waals surface area contributed by atoms with Gasteiger partial charge in [-0.2, -0.15) is 4.98 Å². The van der Waals surface area contributed by atoms with Crippen LogP contribution in [-0.2, 0) is 6.42 Å². The number of aromatic nitrogens is 2. The van der Waals surface area contributed by atoms with Gasteiger partial charge in [-0.1, -0.05) is 17.3 Å². The van der Waals surface area contributed by atoms with Crippen LogP contribution in [0.4, 0.5) is 0 Å². The van der Waals surface area contributed by atoms with Crippen molar-refractivity contribution in [1.82, 2.24) is 19.9 Å². The van der Waals surface area contributed by atoms with Crippen molar-refractivity contribution in [1.29, 1.82) is 0 Å². The van der Waals surface area contributed by atoms with Crippen LogP contribution >= 0.6 is 0 Å². The van der Waals surface area contributed by atoms with Gasteiger partial charge < -0.3 is 9.63 Å². The van der Waals surface area contributed by atoms with Crippen molar-refractivity contribution in [2.75, 3.05) is 32.7 Å². The summed E-state index contributed by atoms with van der Waals surface area (Å²) in [5.41, 5.74) is 1.05. The van der Waals surface area contributed by atoms with Gasteiger partial charge in [0.25, 0.3) is 0 Å². The van der Waals surface area contributed by atoms with Crippen LogP contribution in [0.5, 0.6) is 5.75 Å². The molecule has 0 saturated carbocycles. The minimum absolute atomic E-state index is 0.268. The third-order valence-electron chi connectivity index (χ3n) is 4.35. The molecule has 3 fully saturated rings. The van der Waals surface area contributed by atoms with Crippen molar-refractivity contribution < 1.29 is 9.63 Å². The maximum atomic E-state index is 9.30. The largest absolute Gasteiger partial charge is 0.508 e. The zero-order chi connectivity index (χ0) is 14.2. The molecular weight excluding hydrogens is 268 g/mol. The van der Waals surface area contributed by atoms with E-state index in [4.69, 9.17) is 4.52 Å². The first-order valence-corrected chi connectivity index (χ1v) is 7.35. The standard InChI is InChI=1S/C15H18N4O2/c20-12-3-1-11(2-4-12)9-14-16-15(17-21-14)13-10-18-5-7-19(13)8-6-18/h1-4,13,20H,5-10H2. The number of hydrogen-bond donors (Lipinski definition) is 1. The topological polar surface area (TPSA) is 65.6 Å². The number of phenolic OH excluding ortho intramolecular Hbond substituents is 1. The zero-order valence-corrected chi connectivity index (χ0v) is 11.8. The summed E-state index contributed by atoms with van der Waals surface area (Å²) in [5, 5.41) is 13.5. The van der Waals surface area contributed by atoms with Crippen LogP contribution in [0.3, 0.4) is 0 Å². The molecule has 110 valence electrons. The summed E-state index contributed by atoms with van der Waals surface area (Å²) in [6.45, 7) is 5.47. The third-order valence-corrected chi connectivity index (χ3v) is 4.35. The molecule has 3 aliphatic rings. The normalized spacial score (nSPS) is 27.9. The molecule has 2 aromatic rings. The average molecular weight is 286 g/mol. The second-order valence-electron chi connectivity index (χ2n) is 5.74. The molecule has 1 aromatic carbocycles. The van der Waals surface area contributed by atoms with Crippen LogP contribution < -0.4 is 0 Å². The van der Waals surface area contributed by atoms with E-state index in [1.54, 1.807) is 12.1 Å². The van der Waals surface area contributed by atoms with Crippen molar-refractivity contribution in [2.45, 2.75) is 12.5 Å². The number of benzene rings is 1. The van der Waals surface area contributed by atoms with E-state index in [9.17, 15) is 5.11 Å². The Morgan fingerprint density at radius 3 is 2.57 bits per heavy atom. The summed E-state index contributed by atoms with van der Waals surface area (Å²) >= 11 is 0. The summed E-state index contributed by atoms with van der Waals surface area (Å²) in [7, 11) is 0. The number of aromatic hydroxyl groups is 1. The maximum Gasteiger partial charge on any atom is 0.231 e. The van der Waals surface area contributed by atoms with Gasteiger partial charge in [0.05, 0.1) is 12.5 Å². The van der Waals surface area contributed by atoms with Gasteiger partial charge in [-0.15, -0.1) is 0 Å². The Bertz CT molecular complexity index is 617. The van der Waals surface area contributed by atoms with E-state index < -0.39 is 0 Å². The molecule has 4 heterocycles. The van der Waals surface area contributed by atoms with Crippen molar-refractivity contribution in [3.8, 4) is 5.75 Å². The van der Waals surface area contributed by atoms with Gasteiger partial charge in [-0.3, -0.25) is 9.80 Å². The number of nitrogens with zero attached hydrogens (tertiary/aromatic N) is 4. The van der Waals surface area contributed by atoms with Gasteiger partial charge in [0.15, 0.2) is 5.82 Å². The summed E-state index contributed by atoms with van der Waals surface area (Å²) in [6, 6.07) is 7.36. The molecule has 2 bridgehead atoms. The molecule has 3 saturated heterocycles. The summed E-state index contributed by atoms with van der Waals surface area (Å²) in [5.74, 6) is 1.70. The molecule has 0 radical (unpaired) electrons. The van der Waals surface area contributed by atoms with Crippen LogP contribution in [0, 0.1) is 0 Å². The van der Waals surface area contributed by atoms with E-state index in [1.807, 2.05) is 12.1 Å². The lowest BCUT2D eigenvalue weighted by atomic mass is 10.1. The maximum absolute atomic E-state index is 9.30. The monoisotopic (exact) mass is 286 g/mol. The van der Waals surface area contributed by atoms with Crippen molar-refractivity contribution in [2.24, 2.45) is 0 Å². The molecular formula is C15H18N4O2. The Hall–Kier alpha value is -1.92. The lowest BCUT2D eigenvalue weighted by Gasteiger charge is -2.46. The van der Waals surface area contributed by atoms with E-state index >= 15 is 0 Å². The molecule has 0 spiro atoms. The van der Waals surface area contributed by atoms with Crippen LogP contribution in [0.25, 0.3) is 0 Å². The second kappa shape index (κ2) is 5.13. The number of fused-ring (bicyclic) bond motifs is 3. The highest BCUT2D eigenvalue weighted by molar-refractivity contribution is 5.27. The molecule has 6 heteroatoms. The minimum atomic E-state index is 0.268. The Balaban J connectivity index is 1.49. The highest BCUT2D eigenvalue weighted by Crippen LogP contribution is 2.27. The van der Waals surface area contributed by atoms with Gasteiger partial charge in [-0.25, -0.2) is 0 Å². The molecule has 1 aromatic heterocycles. The Kier molecular flexibility index (Phi) is 3.12. The Morgan fingerprint density at radius 1 is 1.14 bits per heavy atom. The number of phenols is 1. The van der Waals surface area contributed by atoms with Crippen LogP contribution in [0.1, 0.15) is 23.3 Å². The number of rotatable bonds is 3. The first kappa shape index (κ1) is 12.8. The van der Waals surface area contributed by atoms with Gasteiger partial charge in [0.2, 0.25) is 5.89 Å². The van der Waals surface area contributed by atoms with E-state index in [0.29, 0.717) is 12.3 Å². The first-order chi connectivity index (χ1) is 10.3. The summed E-state index contributed by atoms with van der Waals surface area (Å²) in [6.07, 6.45) is 0.601. The molecule has 3 aliphatic heterocycles. The first-order valence-electron chi connectivity index (χ1n) is 7.35. The molecule has 1 unspecified atom stereocenters. The quantitative estimate of drug-likeness (QED) is 0.909. The fourth-order valence-electron chi connectivity index (χ4n) is 3.13. The van der Waals surface area contributed by atoms with Crippen molar-refractivity contribution in [3.63, 3.8) is 0 Å². The lowest BCUT2D eigenvalue weighted by Crippen LogP contribution is -2.57. The molecule has 1 atom stereocenters. The molecule has 6 nitrogen and oxygen atoms in total. The molecule has 5 rings (SSSR count). The molecule has 1 N–H and O–H groups in total. The van der Waals surface area contributed by atoms with Crippen LogP contribution in [0.15, 0.2) is 28.8 Å². The molecule has 0 aliphatic carbocycles. The Labute approximate surface area is 123 Å². The highest BCUT2D eigenvalue weighted by Gasteiger charge is 2.35. The minimum Gasteiger partial charge on any atom is -0.508 e. The van der Waals surface area contributed by atoms with Gasteiger partial charge >= 0.3 is 0 Å². The van der Waals surface area contributed by atoms with Crippen LogP contribution in [0.2, 0.25) is 0 Å². The van der Waals surface area contributed by atoms with Gasteiger partial charge in [0.1, 0.15) is 5.75 Å². The van der Waals surface area contributed by atoms with Gasteiger partial charge in [-0.05, 0) is 17.7 Å². The SMILES string of the molecule is Oc1ccc(Cc2nc(C3CN4CCN3CC4)no2)cc1. The second-order valence-corrected chi connectivity index (χ2v) is 5.74. The highest BCUT2D eigenvalue weighted by atomic mass is 16.5. The summed E-state index contributed by atoms with van der Waals surface area (Å²) < 4.78 is 5.39. The smallest absolute Gasteiger partial charge is 0.231 e. The summed E-state index contributed by atoms with van der Waals surface area (Å²) in [4.78, 5) is 9.46. The fourth-order valence-corrected chi connectivity index (χ4v) is 3.13. The number of piperazine rings is 3. The van der Waals surface area contributed by atoms with E-state index in [2.05, 4.69) is 19.9 Å². The van der Waals surface area contributed by atoms with Gasteiger partial charge in [0, 0.05) is 32.7 Å². The zero-order valence-electron chi connectivity index (χ0n) is 11.8. The van der Waals surface area contributed by atoms with E-state index in [0.717, 1.165) is 44.1 Å². The third kappa shape index (κ3) is 2.52. The van der Waals surface area contributed by atoms with E-state index in [-0.39, 0.29) is 11.8 Å². The fraction of sp³-hybridized carbons (Fsp3) is 0.467. The predicted octanol–water partition coefficient (Wildman–Crippen LogP) is 1.04. The Morgan fingerprint density at radius 2 is 1.90 bits per heavy atom. The molecule has 21 heavy (non-hydrogen) atoms. The lowest BCUT2D eigenvalue weighted by molar-refractivity contribution is 0.00781. The van der Waals surface area contributed by atoms with Crippen molar-refractivity contribution in [3.05, 3.63) is 41.5 Å². The van der Waals surface area contributed by atoms with Crippen LogP contribution in [-0.4, -0.2) is 57.8 Å². The average Bonchev–Trinajstić information content (AvgIpc) is 2.99. The molecule has 0 amide bonds.